The Labute approximate surface area is 148 Å². The molecule has 25 heavy (non-hydrogen) atoms. The molecule has 0 spiro atoms. The number of benzene rings is 1. The summed E-state index contributed by atoms with van der Waals surface area (Å²) in [5.41, 5.74) is 4.59. The van der Waals surface area contributed by atoms with Crippen LogP contribution in [0.25, 0.3) is 0 Å². The van der Waals surface area contributed by atoms with E-state index in [9.17, 15) is 18.0 Å². The number of nitrogens with one attached hydrogen (secondary N) is 3. The normalized spacial score (nSPS) is 12.0. The highest BCUT2D eigenvalue weighted by Gasteiger charge is 2.27. The van der Waals surface area contributed by atoms with E-state index in [4.69, 9.17) is 0 Å². The van der Waals surface area contributed by atoms with Gasteiger partial charge >= 0.3 is 5.97 Å². The molecule has 0 aromatic heterocycles. The fraction of sp³-hybridized carbons (Fsp3) is 0.500. The predicted molar refractivity (Wildman–Crippen MR) is 94.5 cm³/mol. The lowest BCUT2D eigenvalue weighted by molar-refractivity contribution is -0.123. The van der Waals surface area contributed by atoms with Gasteiger partial charge in [-0.3, -0.25) is 15.6 Å². The summed E-state index contributed by atoms with van der Waals surface area (Å²) in [7, 11) is -2.81. The number of rotatable bonds is 6. The van der Waals surface area contributed by atoms with Gasteiger partial charge in [0.1, 0.15) is 0 Å². The maximum Gasteiger partial charge on any atom is 0.339 e. The van der Waals surface area contributed by atoms with E-state index >= 15 is 0 Å². The average Bonchev–Trinajstić information content (AvgIpc) is 2.49. The van der Waals surface area contributed by atoms with Crippen molar-refractivity contribution in [1.29, 1.82) is 0 Å². The zero-order valence-electron chi connectivity index (χ0n) is 15.3. The third-order valence-electron chi connectivity index (χ3n) is 2.97. The standard InChI is InChI=1S/C16H25N3O5S/c1-10(2)14(20)18-17-11-7-8-12(15(21)24-6)13(9-11)25(22,23)19-16(3,4)5/h7-10,17,19H,1-6H3,(H,18,20). The maximum absolute atomic E-state index is 12.7. The Morgan fingerprint density at radius 2 is 1.76 bits per heavy atom. The number of carbonyl (C=O) groups is 2. The topological polar surface area (TPSA) is 114 Å². The molecular weight excluding hydrogens is 346 g/mol. The summed E-state index contributed by atoms with van der Waals surface area (Å²) in [6.45, 7) is 8.51. The molecule has 0 radical (unpaired) electrons. The zero-order valence-corrected chi connectivity index (χ0v) is 16.1. The number of methoxy groups -OCH3 is 1. The number of hydrazine groups is 1. The Kier molecular flexibility index (Phi) is 6.55. The van der Waals surface area contributed by atoms with E-state index < -0.39 is 21.5 Å². The molecule has 0 bridgehead atoms. The van der Waals surface area contributed by atoms with Gasteiger partial charge in [0.15, 0.2) is 0 Å². The first-order valence-electron chi connectivity index (χ1n) is 7.69. The molecule has 1 amide bonds. The van der Waals surface area contributed by atoms with Crippen molar-refractivity contribution in [1.82, 2.24) is 10.1 Å². The number of amides is 1. The number of esters is 1. The lowest BCUT2D eigenvalue weighted by Crippen LogP contribution is -2.41. The Hall–Kier alpha value is -2.13. The van der Waals surface area contributed by atoms with Gasteiger partial charge in [0.25, 0.3) is 0 Å². The van der Waals surface area contributed by atoms with Crippen LogP contribution in [0.4, 0.5) is 5.69 Å². The van der Waals surface area contributed by atoms with E-state index in [0.29, 0.717) is 5.69 Å². The highest BCUT2D eigenvalue weighted by molar-refractivity contribution is 7.89. The fourth-order valence-electron chi connectivity index (χ4n) is 1.84. The number of ether oxygens (including phenoxy) is 1. The summed E-state index contributed by atoms with van der Waals surface area (Å²) < 4.78 is 32.4. The third-order valence-corrected chi connectivity index (χ3v) is 4.77. The zero-order chi connectivity index (χ0) is 19.4. The Bertz CT molecular complexity index is 752. The molecule has 0 saturated heterocycles. The Morgan fingerprint density at radius 1 is 1.16 bits per heavy atom. The second-order valence-electron chi connectivity index (χ2n) is 6.83. The van der Waals surface area contributed by atoms with Crippen LogP contribution < -0.4 is 15.6 Å². The van der Waals surface area contributed by atoms with Gasteiger partial charge in [0.05, 0.1) is 23.3 Å². The second kappa shape index (κ2) is 7.83. The molecular formula is C16H25N3O5S. The minimum Gasteiger partial charge on any atom is -0.465 e. The number of anilines is 1. The largest absolute Gasteiger partial charge is 0.465 e. The molecule has 0 saturated carbocycles. The highest BCUT2D eigenvalue weighted by atomic mass is 32.2. The first-order valence-corrected chi connectivity index (χ1v) is 9.18. The molecule has 0 fully saturated rings. The number of sulfonamides is 1. The summed E-state index contributed by atoms with van der Waals surface area (Å²) in [5, 5.41) is 0. The molecule has 1 aromatic rings. The minimum absolute atomic E-state index is 0.0972. The van der Waals surface area contributed by atoms with Crippen molar-refractivity contribution >= 4 is 27.6 Å². The number of hydrogen-bond acceptors (Lipinski definition) is 6. The van der Waals surface area contributed by atoms with Crippen LogP contribution in [0.15, 0.2) is 23.1 Å². The molecule has 0 heterocycles. The van der Waals surface area contributed by atoms with Crippen molar-refractivity contribution in [2.75, 3.05) is 12.5 Å². The lowest BCUT2D eigenvalue weighted by Gasteiger charge is -2.21. The summed E-state index contributed by atoms with van der Waals surface area (Å²) in [6, 6.07) is 4.07. The van der Waals surface area contributed by atoms with Crippen LogP contribution in [0.1, 0.15) is 45.0 Å². The Balaban J connectivity index is 3.28. The van der Waals surface area contributed by atoms with Crippen molar-refractivity contribution in [3.05, 3.63) is 23.8 Å². The van der Waals surface area contributed by atoms with E-state index in [1.807, 2.05) is 0 Å². The molecule has 0 atom stereocenters. The van der Waals surface area contributed by atoms with Crippen molar-refractivity contribution < 1.29 is 22.7 Å². The average molecular weight is 371 g/mol. The smallest absolute Gasteiger partial charge is 0.339 e. The van der Waals surface area contributed by atoms with E-state index in [0.717, 1.165) is 0 Å². The van der Waals surface area contributed by atoms with Crippen LogP contribution >= 0.6 is 0 Å². The van der Waals surface area contributed by atoms with Crippen molar-refractivity contribution in [3.8, 4) is 0 Å². The summed E-state index contributed by atoms with van der Waals surface area (Å²) in [5.74, 6) is -1.27. The summed E-state index contributed by atoms with van der Waals surface area (Å²) in [6.07, 6.45) is 0. The van der Waals surface area contributed by atoms with Crippen LogP contribution in [-0.4, -0.2) is 32.9 Å². The van der Waals surface area contributed by atoms with E-state index in [2.05, 4.69) is 20.3 Å². The van der Waals surface area contributed by atoms with Gasteiger partial charge < -0.3 is 4.74 Å². The van der Waals surface area contributed by atoms with Crippen molar-refractivity contribution in [2.24, 2.45) is 5.92 Å². The summed E-state index contributed by atoms with van der Waals surface area (Å²) >= 11 is 0. The molecule has 0 unspecified atom stereocenters. The van der Waals surface area contributed by atoms with Gasteiger partial charge in [0, 0.05) is 11.5 Å². The lowest BCUT2D eigenvalue weighted by atomic mass is 10.1. The first-order chi connectivity index (χ1) is 11.4. The van der Waals surface area contributed by atoms with Gasteiger partial charge in [-0.15, -0.1) is 0 Å². The predicted octanol–water partition coefficient (Wildman–Crippen LogP) is 1.65. The van der Waals surface area contributed by atoms with Gasteiger partial charge in [-0.05, 0) is 39.0 Å². The monoisotopic (exact) mass is 371 g/mol. The molecule has 9 heteroatoms. The van der Waals surface area contributed by atoms with Gasteiger partial charge in [-0.2, -0.15) is 0 Å². The molecule has 1 rings (SSSR count). The maximum atomic E-state index is 12.7. The molecule has 0 aliphatic carbocycles. The quantitative estimate of drug-likeness (QED) is 0.518. The first kappa shape index (κ1) is 20.9. The van der Waals surface area contributed by atoms with Gasteiger partial charge in [0.2, 0.25) is 15.9 Å². The van der Waals surface area contributed by atoms with Crippen LogP contribution in [-0.2, 0) is 19.6 Å². The van der Waals surface area contributed by atoms with Crippen LogP contribution in [0.5, 0.6) is 0 Å². The Morgan fingerprint density at radius 3 is 2.24 bits per heavy atom. The molecule has 1 aromatic carbocycles. The fourth-order valence-corrected chi connectivity index (χ4v) is 3.48. The van der Waals surface area contributed by atoms with Crippen LogP contribution in [0.3, 0.4) is 0 Å². The SMILES string of the molecule is COC(=O)c1ccc(NNC(=O)C(C)C)cc1S(=O)(=O)NC(C)(C)C. The molecule has 140 valence electrons. The van der Waals surface area contributed by atoms with E-state index in [1.165, 1.54) is 25.3 Å². The van der Waals surface area contributed by atoms with Crippen molar-refractivity contribution in [2.45, 2.75) is 45.1 Å². The van der Waals surface area contributed by atoms with Crippen LogP contribution in [0, 0.1) is 5.92 Å². The van der Waals surface area contributed by atoms with Crippen LogP contribution in [0.2, 0.25) is 0 Å². The third kappa shape index (κ3) is 6.02. The van der Waals surface area contributed by atoms with Gasteiger partial charge in [-0.1, -0.05) is 13.8 Å². The highest BCUT2D eigenvalue weighted by Crippen LogP contribution is 2.23. The number of hydrogen-bond donors (Lipinski definition) is 3. The molecule has 8 nitrogen and oxygen atoms in total. The van der Waals surface area contributed by atoms with Gasteiger partial charge in [-0.25, -0.2) is 17.9 Å². The second-order valence-corrected chi connectivity index (χ2v) is 8.48. The number of carbonyl (C=O) groups excluding carboxylic acids is 2. The van der Waals surface area contributed by atoms with E-state index in [1.54, 1.807) is 34.6 Å². The minimum atomic E-state index is -3.98. The molecule has 0 aliphatic heterocycles. The summed E-state index contributed by atoms with van der Waals surface area (Å²) in [4.78, 5) is 23.3. The molecule has 0 aliphatic rings. The van der Waals surface area contributed by atoms with E-state index in [-0.39, 0.29) is 22.3 Å². The molecule has 3 N–H and O–H groups in total. The van der Waals surface area contributed by atoms with Crippen molar-refractivity contribution in [3.63, 3.8) is 0 Å².